The number of aryl methyl sites for hydroxylation is 1. The third-order valence-electron chi connectivity index (χ3n) is 4.55. The smallest absolute Gasteiger partial charge is 0.189 e. The molecule has 0 atom stereocenters. The Kier molecular flexibility index (Phi) is 4.43. The summed E-state index contributed by atoms with van der Waals surface area (Å²) < 4.78 is 13.5. The van der Waals surface area contributed by atoms with Gasteiger partial charge in [0.05, 0.1) is 16.7 Å². The van der Waals surface area contributed by atoms with E-state index < -0.39 is 0 Å². The predicted octanol–water partition coefficient (Wildman–Crippen LogP) is 4.26. The number of para-hydroxylation sites is 2. The molecular formula is C22H20BNO2. The monoisotopic (exact) mass is 341 g/mol. The average molecular weight is 341 g/mol. The van der Waals surface area contributed by atoms with Gasteiger partial charge in [-0.15, -0.1) is 0 Å². The Morgan fingerprint density at radius 2 is 1.54 bits per heavy atom. The molecule has 0 aliphatic rings. The molecule has 0 aliphatic heterocycles. The molecule has 4 rings (SSSR count). The van der Waals surface area contributed by atoms with E-state index in [4.69, 9.17) is 17.3 Å². The van der Waals surface area contributed by atoms with E-state index in [-0.39, 0.29) is 6.79 Å². The zero-order valence-electron chi connectivity index (χ0n) is 15.0. The van der Waals surface area contributed by atoms with Crippen molar-refractivity contribution in [1.29, 1.82) is 0 Å². The largest absolute Gasteiger partial charge is 0.466 e. The van der Waals surface area contributed by atoms with E-state index in [9.17, 15) is 0 Å². The number of ether oxygens (including phenoxy) is 2. The molecule has 0 bridgehead atoms. The first kappa shape index (κ1) is 16.7. The number of nitrogens with zero attached hydrogens (tertiary/aromatic N) is 1. The van der Waals surface area contributed by atoms with Crippen molar-refractivity contribution in [1.82, 2.24) is 4.57 Å². The molecule has 0 fully saturated rings. The highest BCUT2D eigenvalue weighted by Crippen LogP contribution is 2.34. The van der Waals surface area contributed by atoms with Crippen LogP contribution in [0.3, 0.4) is 0 Å². The summed E-state index contributed by atoms with van der Waals surface area (Å²) >= 11 is 0. The standard InChI is InChI=1S/C22H20BNO2/c1-3-25-14-26-22-18(23)12-15(2)13-21(22)24-19-10-6-4-8-16(19)17-9-5-7-11-20(17)24/h4-13H,3,14H2,1-2H3. The molecule has 0 amide bonds. The Hall–Kier alpha value is -2.72. The summed E-state index contributed by atoms with van der Waals surface area (Å²) in [5.74, 6) is 0.649. The van der Waals surface area contributed by atoms with Gasteiger partial charge in [-0.1, -0.05) is 47.9 Å². The molecule has 0 saturated heterocycles. The third kappa shape index (κ3) is 2.76. The summed E-state index contributed by atoms with van der Waals surface area (Å²) in [6.07, 6.45) is 0. The van der Waals surface area contributed by atoms with Crippen LogP contribution in [0.5, 0.6) is 5.75 Å². The topological polar surface area (TPSA) is 23.4 Å². The molecule has 0 N–H and O–H groups in total. The van der Waals surface area contributed by atoms with Crippen LogP contribution in [0.1, 0.15) is 12.5 Å². The maximum absolute atomic E-state index is 6.30. The molecule has 1 heterocycles. The fourth-order valence-corrected chi connectivity index (χ4v) is 3.47. The van der Waals surface area contributed by atoms with Crippen molar-refractivity contribution >= 4 is 35.1 Å². The minimum absolute atomic E-state index is 0.174. The van der Waals surface area contributed by atoms with E-state index in [1.807, 2.05) is 19.9 Å². The van der Waals surface area contributed by atoms with E-state index >= 15 is 0 Å². The minimum Gasteiger partial charge on any atom is -0.466 e. The SMILES string of the molecule is [B]c1cc(C)cc(-n2c3ccccc3c3ccccc32)c1OCOCC. The van der Waals surface area contributed by atoms with Crippen LogP contribution in [0.4, 0.5) is 0 Å². The quantitative estimate of drug-likeness (QED) is 0.308. The lowest BCUT2D eigenvalue weighted by Gasteiger charge is -2.18. The Morgan fingerprint density at radius 1 is 0.923 bits per heavy atom. The second-order valence-corrected chi connectivity index (χ2v) is 6.33. The predicted molar refractivity (Wildman–Crippen MR) is 108 cm³/mol. The molecule has 0 spiro atoms. The fraction of sp³-hybridized carbons (Fsp3) is 0.182. The van der Waals surface area contributed by atoms with Gasteiger partial charge in [-0.25, -0.2) is 0 Å². The van der Waals surface area contributed by atoms with Crippen molar-refractivity contribution in [2.45, 2.75) is 13.8 Å². The number of aromatic nitrogens is 1. The molecular weight excluding hydrogens is 321 g/mol. The van der Waals surface area contributed by atoms with Crippen LogP contribution in [0, 0.1) is 6.92 Å². The van der Waals surface area contributed by atoms with Crippen molar-refractivity contribution in [3.8, 4) is 11.4 Å². The highest BCUT2D eigenvalue weighted by Gasteiger charge is 2.16. The van der Waals surface area contributed by atoms with Crippen LogP contribution in [0.15, 0.2) is 60.7 Å². The molecule has 3 aromatic carbocycles. The lowest BCUT2D eigenvalue weighted by molar-refractivity contribution is 0.0230. The first-order valence-electron chi connectivity index (χ1n) is 8.80. The third-order valence-corrected chi connectivity index (χ3v) is 4.55. The second-order valence-electron chi connectivity index (χ2n) is 6.33. The first-order valence-corrected chi connectivity index (χ1v) is 8.80. The number of rotatable bonds is 5. The van der Waals surface area contributed by atoms with E-state index in [2.05, 4.69) is 59.2 Å². The van der Waals surface area contributed by atoms with Gasteiger partial charge in [-0.05, 0) is 37.6 Å². The molecule has 4 heteroatoms. The Morgan fingerprint density at radius 3 is 2.15 bits per heavy atom. The van der Waals surface area contributed by atoms with Crippen LogP contribution in [0.25, 0.3) is 27.5 Å². The number of hydrogen-bond acceptors (Lipinski definition) is 2. The summed E-state index contributed by atoms with van der Waals surface area (Å²) in [4.78, 5) is 0. The molecule has 0 unspecified atom stereocenters. The Labute approximate surface area is 154 Å². The summed E-state index contributed by atoms with van der Waals surface area (Å²) in [5.41, 5.74) is 4.88. The highest BCUT2D eigenvalue weighted by atomic mass is 16.7. The molecule has 3 nitrogen and oxygen atoms in total. The lowest BCUT2D eigenvalue weighted by atomic mass is 9.92. The van der Waals surface area contributed by atoms with Gasteiger partial charge in [-0.3, -0.25) is 0 Å². The molecule has 1 aromatic heterocycles. The zero-order chi connectivity index (χ0) is 18.1. The maximum atomic E-state index is 6.30. The number of fused-ring (bicyclic) bond motifs is 3. The van der Waals surface area contributed by atoms with Gasteiger partial charge in [0.1, 0.15) is 13.6 Å². The van der Waals surface area contributed by atoms with Crippen molar-refractivity contribution in [3.05, 3.63) is 66.2 Å². The molecule has 0 saturated carbocycles. The van der Waals surface area contributed by atoms with Gasteiger partial charge in [0.25, 0.3) is 0 Å². The van der Waals surface area contributed by atoms with E-state index in [1.54, 1.807) is 0 Å². The summed E-state index contributed by atoms with van der Waals surface area (Å²) in [6, 6.07) is 20.8. The van der Waals surface area contributed by atoms with Crippen molar-refractivity contribution in [2.75, 3.05) is 13.4 Å². The lowest BCUT2D eigenvalue weighted by Crippen LogP contribution is -2.16. The fourth-order valence-electron chi connectivity index (χ4n) is 3.47. The van der Waals surface area contributed by atoms with Gasteiger partial charge < -0.3 is 14.0 Å². The number of benzene rings is 3. The molecule has 2 radical (unpaired) electrons. The van der Waals surface area contributed by atoms with Crippen molar-refractivity contribution < 1.29 is 9.47 Å². The molecule has 128 valence electrons. The normalized spacial score (nSPS) is 11.3. The van der Waals surface area contributed by atoms with Crippen LogP contribution >= 0.6 is 0 Å². The van der Waals surface area contributed by atoms with Gasteiger partial charge in [0, 0.05) is 17.4 Å². The van der Waals surface area contributed by atoms with Gasteiger partial charge in [0.15, 0.2) is 6.79 Å². The molecule has 4 aromatic rings. The highest BCUT2D eigenvalue weighted by molar-refractivity contribution is 6.34. The van der Waals surface area contributed by atoms with Crippen molar-refractivity contribution in [3.63, 3.8) is 0 Å². The maximum Gasteiger partial charge on any atom is 0.189 e. The average Bonchev–Trinajstić information content (AvgIpc) is 2.98. The summed E-state index contributed by atoms with van der Waals surface area (Å²) in [6.45, 7) is 4.75. The summed E-state index contributed by atoms with van der Waals surface area (Å²) in [5, 5.41) is 2.41. The van der Waals surface area contributed by atoms with E-state index in [1.165, 1.54) is 10.8 Å². The minimum atomic E-state index is 0.174. The number of hydrogen-bond donors (Lipinski definition) is 0. The second kappa shape index (κ2) is 6.89. The Balaban J connectivity index is 2.03. The van der Waals surface area contributed by atoms with Crippen molar-refractivity contribution in [2.24, 2.45) is 0 Å². The van der Waals surface area contributed by atoms with Crippen LogP contribution < -0.4 is 10.2 Å². The Bertz CT molecular complexity index is 1030. The van der Waals surface area contributed by atoms with Crippen LogP contribution in [0.2, 0.25) is 0 Å². The van der Waals surface area contributed by atoms with Gasteiger partial charge in [-0.2, -0.15) is 0 Å². The summed E-state index contributed by atoms with van der Waals surface area (Å²) in [7, 11) is 6.30. The van der Waals surface area contributed by atoms with Crippen LogP contribution in [-0.4, -0.2) is 25.8 Å². The van der Waals surface area contributed by atoms with Gasteiger partial charge >= 0.3 is 0 Å². The van der Waals surface area contributed by atoms with Gasteiger partial charge in [0.2, 0.25) is 0 Å². The molecule has 26 heavy (non-hydrogen) atoms. The van der Waals surface area contributed by atoms with E-state index in [0.717, 1.165) is 22.3 Å². The molecule has 0 aliphatic carbocycles. The van der Waals surface area contributed by atoms with Crippen LogP contribution in [-0.2, 0) is 4.74 Å². The zero-order valence-corrected chi connectivity index (χ0v) is 15.0. The van der Waals surface area contributed by atoms with E-state index in [0.29, 0.717) is 17.8 Å². The first-order chi connectivity index (χ1) is 12.7.